The Labute approximate surface area is 90.5 Å². The van der Waals surface area contributed by atoms with Gasteiger partial charge in [-0.25, -0.2) is 4.98 Å². The molecule has 0 unspecified atom stereocenters. The third-order valence-electron chi connectivity index (χ3n) is 2.05. The highest BCUT2D eigenvalue weighted by Crippen LogP contribution is 2.22. The van der Waals surface area contributed by atoms with Gasteiger partial charge in [0.25, 0.3) is 3.90 Å². The molecule has 0 saturated heterocycles. The van der Waals surface area contributed by atoms with Gasteiger partial charge in [-0.1, -0.05) is 19.9 Å². The number of aromatic nitrogens is 1. The Balaban J connectivity index is 2.61. The van der Waals surface area contributed by atoms with E-state index in [4.69, 9.17) is 4.42 Å². The number of fused-ring (bicyclic) bond motifs is 1. The van der Waals surface area contributed by atoms with Gasteiger partial charge in [0.15, 0.2) is 5.58 Å². The van der Waals surface area contributed by atoms with Crippen molar-refractivity contribution in [2.75, 3.05) is 0 Å². The predicted octanol–water partition coefficient (Wildman–Crippen LogP) is 3.56. The predicted molar refractivity (Wildman–Crippen MR) is 60.8 cm³/mol. The Kier molecular flexibility index (Phi) is 2.27. The van der Waals surface area contributed by atoms with Crippen molar-refractivity contribution in [3.05, 3.63) is 27.7 Å². The van der Waals surface area contributed by atoms with Gasteiger partial charge in [-0.15, -0.1) is 0 Å². The van der Waals surface area contributed by atoms with E-state index in [-0.39, 0.29) is 0 Å². The fourth-order valence-corrected chi connectivity index (χ4v) is 1.77. The van der Waals surface area contributed by atoms with Crippen LogP contribution in [0.5, 0.6) is 0 Å². The van der Waals surface area contributed by atoms with E-state index in [1.54, 1.807) is 0 Å². The second-order valence-corrected chi connectivity index (χ2v) is 4.27. The summed E-state index contributed by atoms with van der Waals surface area (Å²) in [6.07, 6.45) is 0. The molecule has 0 aliphatic rings. The van der Waals surface area contributed by atoms with E-state index >= 15 is 0 Å². The highest BCUT2D eigenvalue weighted by molar-refractivity contribution is 14.1. The van der Waals surface area contributed by atoms with Gasteiger partial charge in [0.2, 0.25) is 0 Å². The Morgan fingerprint density at radius 2 is 2.15 bits per heavy atom. The quantitative estimate of drug-likeness (QED) is 0.750. The number of hydrogen-bond acceptors (Lipinski definition) is 2. The Hall–Kier alpha value is -0.580. The summed E-state index contributed by atoms with van der Waals surface area (Å²) in [5.74, 6) is 0.534. The molecule has 2 rings (SSSR count). The van der Waals surface area contributed by atoms with E-state index < -0.39 is 0 Å². The van der Waals surface area contributed by atoms with Crippen LogP contribution >= 0.6 is 22.6 Å². The first-order valence-electron chi connectivity index (χ1n) is 4.23. The van der Waals surface area contributed by atoms with E-state index in [2.05, 4.69) is 53.6 Å². The second kappa shape index (κ2) is 3.29. The molecule has 1 aromatic carbocycles. The van der Waals surface area contributed by atoms with Gasteiger partial charge in [-0.3, -0.25) is 0 Å². The lowest BCUT2D eigenvalue weighted by Gasteiger charge is -2.02. The molecule has 0 radical (unpaired) electrons. The highest BCUT2D eigenvalue weighted by atomic mass is 127. The smallest absolute Gasteiger partial charge is 0.258 e. The lowest BCUT2D eigenvalue weighted by molar-refractivity contribution is 0.566. The van der Waals surface area contributed by atoms with E-state index in [0.29, 0.717) is 9.82 Å². The van der Waals surface area contributed by atoms with Crippen LogP contribution in [0, 0.1) is 3.90 Å². The van der Waals surface area contributed by atoms with Gasteiger partial charge in [-0.2, -0.15) is 0 Å². The molecular weight excluding hydrogens is 277 g/mol. The van der Waals surface area contributed by atoms with Crippen LogP contribution in [0.25, 0.3) is 11.1 Å². The minimum absolute atomic E-state index is 0.534. The normalized spacial score (nSPS) is 11.4. The maximum Gasteiger partial charge on any atom is 0.258 e. The molecule has 0 aliphatic heterocycles. The number of oxazole rings is 1. The van der Waals surface area contributed by atoms with Crippen molar-refractivity contribution in [2.24, 2.45) is 0 Å². The van der Waals surface area contributed by atoms with Crippen LogP contribution in [0.2, 0.25) is 0 Å². The first-order chi connectivity index (χ1) is 6.16. The van der Waals surface area contributed by atoms with Crippen LogP contribution in [-0.4, -0.2) is 4.98 Å². The maximum absolute atomic E-state index is 5.43. The number of benzene rings is 1. The molecule has 0 saturated carbocycles. The van der Waals surface area contributed by atoms with Crippen molar-refractivity contribution in [1.82, 2.24) is 4.98 Å². The van der Waals surface area contributed by atoms with Crippen LogP contribution in [0.4, 0.5) is 0 Å². The molecule has 2 nitrogen and oxygen atoms in total. The van der Waals surface area contributed by atoms with Crippen molar-refractivity contribution < 1.29 is 4.42 Å². The molecule has 0 spiro atoms. The number of rotatable bonds is 1. The summed E-state index contributed by atoms with van der Waals surface area (Å²) < 4.78 is 6.14. The summed E-state index contributed by atoms with van der Waals surface area (Å²) in [5.41, 5.74) is 3.12. The van der Waals surface area contributed by atoms with Gasteiger partial charge >= 0.3 is 0 Å². The standard InChI is InChI=1S/C10H10INO/c1-6(2)7-3-4-8-9(5-7)13-10(11)12-8/h3-6H,1-2H3. The number of nitrogens with zero attached hydrogens (tertiary/aromatic N) is 1. The average molecular weight is 287 g/mol. The molecule has 0 atom stereocenters. The van der Waals surface area contributed by atoms with E-state index in [1.165, 1.54) is 5.56 Å². The summed E-state index contributed by atoms with van der Waals surface area (Å²) in [7, 11) is 0. The largest absolute Gasteiger partial charge is 0.432 e. The molecular formula is C10H10INO. The van der Waals surface area contributed by atoms with Gasteiger partial charge < -0.3 is 4.42 Å². The van der Waals surface area contributed by atoms with Crippen LogP contribution in [0.1, 0.15) is 25.3 Å². The zero-order chi connectivity index (χ0) is 9.42. The fourth-order valence-electron chi connectivity index (χ4n) is 1.27. The minimum atomic E-state index is 0.534. The molecule has 0 bridgehead atoms. The molecule has 1 heterocycles. The Bertz CT molecular complexity index is 433. The minimum Gasteiger partial charge on any atom is -0.432 e. The average Bonchev–Trinajstić information content (AvgIpc) is 2.42. The Morgan fingerprint density at radius 3 is 2.85 bits per heavy atom. The molecule has 68 valence electrons. The highest BCUT2D eigenvalue weighted by Gasteiger charge is 2.05. The Morgan fingerprint density at radius 1 is 1.38 bits per heavy atom. The summed E-state index contributed by atoms with van der Waals surface area (Å²) >= 11 is 2.08. The third kappa shape index (κ3) is 1.70. The monoisotopic (exact) mass is 287 g/mol. The van der Waals surface area contributed by atoms with Gasteiger partial charge in [0.1, 0.15) is 5.52 Å². The van der Waals surface area contributed by atoms with Crippen molar-refractivity contribution >= 4 is 33.7 Å². The first kappa shape index (κ1) is 8.99. The molecule has 0 fully saturated rings. The lowest BCUT2D eigenvalue weighted by atomic mass is 10.0. The molecule has 13 heavy (non-hydrogen) atoms. The zero-order valence-corrected chi connectivity index (χ0v) is 9.70. The van der Waals surface area contributed by atoms with Crippen molar-refractivity contribution in [2.45, 2.75) is 19.8 Å². The van der Waals surface area contributed by atoms with Crippen LogP contribution < -0.4 is 0 Å². The summed E-state index contributed by atoms with van der Waals surface area (Å²) in [6.45, 7) is 4.34. The summed E-state index contributed by atoms with van der Waals surface area (Å²) in [6, 6.07) is 6.18. The van der Waals surface area contributed by atoms with Gasteiger partial charge in [-0.05, 0) is 23.6 Å². The fraction of sp³-hybridized carbons (Fsp3) is 0.300. The number of halogens is 1. The molecule has 0 amide bonds. The van der Waals surface area contributed by atoms with Crippen LogP contribution in [0.15, 0.2) is 22.6 Å². The molecule has 1 aromatic heterocycles. The first-order valence-corrected chi connectivity index (χ1v) is 5.30. The van der Waals surface area contributed by atoms with Crippen molar-refractivity contribution in [1.29, 1.82) is 0 Å². The molecule has 0 aliphatic carbocycles. The van der Waals surface area contributed by atoms with Crippen molar-refractivity contribution in [3.63, 3.8) is 0 Å². The molecule has 3 heteroatoms. The summed E-state index contributed by atoms with van der Waals surface area (Å²) in [4.78, 5) is 4.23. The van der Waals surface area contributed by atoms with E-state index in [0.717, 1.165) is 11.1 Å². The van der Waals surface area contributed by atoms with Crippen LogP contribution in [0.3, 0.4) is 0 Å². The van der Waals surface area contributed by atoms with E-state index in [1.807, 2.05) is 6.07 Å². The van der Waals surface area contributed by atoms with Gasteiger partial charge in [0.05, 0.1) is 0 Å². The third-order valence-corrected chi connectivity index (χ3v) is 2.51. The lowest BCUT2D eigenvalue weighted by Crippen LogP contribution is -1.85. The van der Waals surface area contributed by atoms with Crippen molar-refractivity contribution in [3.8, 4) is 0 Å². The van der Waals surface area contributed by atoms with Gasteiger partial charge in [0, 0.05) is 22.6 Å². The maximum atomic E-state index is 5.43. The van der Waals surface area contributed by atoms with Crippen LogP contribution in [-0.2, 0) is 0 Å². The van der Waals surface area contributed by atoms with E-state index in [9.17, 15) is 0 Å². The second-order valence-electron chi connectivity index (χ2n) is 3.35. The topological polar surface area (TPSA) is 26.0 Å². The molecule has 2 aromatic rings. The SMILES string of the molecule is CC(C)c1ccc2nc(I)oc2c1. The summed E-state index contributed by atoms with van der Waals surface area (Å²) in [5, 5.41) is 0. The number of hydrogen-bond donors (Lipinski definition) is 0. The zero-order valence-electron chi connectivity index (χ0n) is 7.54. The molecule has 0 N–H and O–H groups in total.